The van der Waals surface area contributed by atoms with Crippen molar-refractivity contribution in [3.05, 3.63) is 18.0 Å². The number of carbonyl (C=O) groups excluding carboxylic acids is 1. The normalized spacial score (nSPS) is 16.7. The summed E-state index contributed by atoms with van der Waals surface area (Å²) < 4.78 is 4.94. The van der Waals surface area contributed by atoms with Gasteiger partial charge in [0, 0.05) is 12.2 Å². The Labute approximate surface area is 113 Å². The second-order valence-electron chi connectivity index (χ2n) is 4.82. The van der Waals surface area contributed by atoms with E-state index in [9.17, 15) is 4.79 Å². The maximum Gasteiger partial charge on any atom is 0.357 e. The summed E-state index contributed by atoms with van der Waals surface area (Å²) >= 11 is 0. The predicted octanol–water partition coefficient (Wildman–Crippen LogP) is 2.79. The largest absolute Gasteiger partial charge is 0.461 e. The van der Waals surface area contributed by atoms with Gasteiger partial charge in [0.1, 0.15) is 0 Å². The van der Waals surface area contributed by atoms with Gasteiger partial charge in [-0.1, -0.05) is 25.7 Å². The summed E-state index contributed by atoms with van der Waals surface area (Å²) in [4.78, 5) is 20.0. The molecule has 0 spiro atoms. The molecule has 1 fully saturated rings. The first-order chi connectivity index (χ1) is 9.29. The van der Waals surface area contributed by atoms with Gasteiger partial charge in [-0.05, 0) is 25.8 Å². The molecule has 1 heterocycles. The Bertz CT molecular complexity index is 415. The third kappa shape index (κ3) is 4.19. The van der Waals surface area contributed by atoms with Gasteiger partial charge in [-0.3, -0.25) is 0 Å². The highest BCUT2D eigenvalue weighted by molar-refractivity contribution is 5.87. The van der Waals surface area contributed by atoms with Crippen LogP contribution in [0.1, 0.15) is 55.9 Å². The summed E-state index contributed by atoms with van der Waals surface area (Å²) in [7, 11) is 0. The first-order valence-electron chi connectivity index (χ1n) is 7.06. The smallest absolute Gasteiger partial charge is 0.357 e. The Balaban J connectivity index is 1.99. The maximum atomic E-state index is 11.6. The van der Waals surface area contributed by atoms with Crippen molar-refractivity contribution in [2.45, 2.75) is 51.5 Å². The number of anilines is 1. The topological polar surface area (TPSA) is 64.1 Å². The number of nitrogens with one attached hydrogen (secondary N) is 1. The number of esters is 1. The summed E-state index contributed by atoms with van der Waals surface area (Å²) in [5.41, 5.74) is 0.313. The van der Waals surface area contributed by atoms with E-state index in [0.717, 1.165) is 12.8 Å². The van der Waals surface area contributed by atoms with Crippen molar-refractivity contribution in [3.63, 3.8) is 0 Å². The second kappa shape index (κ2) is 7.07. The van der Waals surface area contributed by atoms with Gasteiger partial charge in [0.05, 0.1) is 6.61 Å². The van der Waals surface area contributed by atoms with Gasteiger partial charge in [0.2, 0.25) is 5.95 Å². The van der Waals surface area contributed by atoms with Crippen LogP contribution >= 0.6 is 0 Å². The van der Waals surface area contributed by atoms with Crippen molar-refractivity contribution in [2.24, 2.45) is 0 Å². The van der Waals surface area contributed by atoms with Crippen molar-refractivity contribution in [1.82, 2.24) is 9.97 Å². The summed E-state index contributed by atoms with van der Waals surface area (Å²) in [6, 6.07) is 2.00. The van der Waals surface area contributed by atoms with E-state index >= 15 is 0 Å². The van der Waals surface area contributed by atoms with Gasteiger partial charge in [0.15, 0.2) is 5.69 Å². The molecule has 0 saturated heterocycles. The fraction of sp³-hybridized carbons (Fsp3) is 0.643. The van der Waals surface area contributed by atoms with Crippen LogP contribution in [0.25, 0.3) is 0 Å². The molecule has 1 aliphatic carbocycles. The molecule has 19 heavy (non-hydrogen) atoms. The van der Waals surface area contributed by atoms with Gasteiger partial charge in [-0.25, -0.2) is 14.8 Å². The molecule has 0 atom stereocenters. The lowest BCUT2D eigenvalue weighted by atomic mass is 10.1. The zero-order chi connectivity index (χ0) is 13.5. The van der Waals surface area contributed by atoms with E-state index < -0.39 is 5.97 Å². The number of rotatable bonds is 4. The molecular formula is C14H21N3O2. The van der Waals surface area contributed by atoms with Crippen LogP contribution in [-0.4, -0.2) is 28.6 Å². The summed E-state index contributed by atoms with van der Waals surface area (Å²) in [6.07, 6.45) is 8.99. The van der Waals surface area contributed by atoms with E-state index in [2.05, 4.69) is 15.3 Å². The van der Waals surface area contributed by atoms with Crippen molar-refractivity contribution in [3.8, 4) is 0 Å². The van der Waals surface area contributed by atoms with Crippen molar-refractivity contribution >= 4 is 11.9 Å². The molecule has 5 nitrogen and oxygen atoms in total. The minimum Gasteiger partial charge on any atom is -0.461 e. The van der Waals surface area contributed by atoms with Crippen LogP contribution < -0.4 is 5.32 Å². The van der Waals surface area contributed by atoms with Gasteiger partial charge in [-0.15, -0.1) is 0 Å². The standard InChI is InChI=1S/C14H21N3O2/c1-2-19-13(18)12-9-10-15-14(17-12)16-11-7-5-3-4-6-8-11/h9-11H,2-8H2,1H3,(H,15,16,17). The Morgan fingerprint density at radius 3 is 2.79 bits per heavy atom. The highest BCUT2D eigenvalue weighted by Crippen LogP contribution is 2.19. The van der Waals surface area contributed by atoms with E-state index in [4.69, 9.17) is 4.74 Å². The molecule has 2 rings (SSSR count). The average Bonchev–Trinajstić information content (AvgIpc) is 2.68. The maximum absolute atomic E-state index is 11.6. The molecule has 0 aromatic carbocycles. The Kier molecular flexibility index (Phi) is 5.12. The lowest BCUT2D eigenvalue weighted by Gasteiger charge is -2.16. The molecule has 0 bridgehead atoms. The molecule has 1 aliphatic rings. The minimum absolute atomic E-state index is 0.313. The molecular weight excluding hydrogens is 242 g/mol. The van der Waals surface area contributed by atoms with E-state index in [0.29, 0.717) is 24.3 Å². The molecule has 1 aromatic heterocycles. The molecule has 1 N–H and O–H groups in total. The van der Waals surface area contributed by atoms with Crippen LogP contribution in [0.4, 0.5) is 5.95 Å². The lowest BCUT2D eigenvalue weighted by molar-refractivity contribution is 0.0519. The fourth-order valence-electron chi connectivity index (χ4n) is 2.35. The van der Waals surface area contributed by atoms with Crippen LogP contribution in [0.2, 0.25) is 0 Å². The van der Waals surface area contributed by atoms with Gasteiger partial charge in [0.25, 0.3) is 0 Å². The van der Waals surface area contributed by atoms with E-state index in [1.54, 1.807) is 19.2 Å². The first kappa shape index (κ1) is 13.8. The SMILES string of the molecule is CCOC(=O)c1ccnc(NC2CCCCCC2)n1. The molecule has 0 amide bonds. The number of nitrogens with zero attached hydrogens (tertiary/aromatic N) is 2. The fourth-order valence-corrected chi connectivity index (χ4v) is 2.35. The average molecular weight is 263 g/mol. The quantitative estimate of drug-likeness (QED) is 0.668. The highest BCUT2D eigenvalue weighted by atomic mass is 16.5. The second-order valence-corrected chi connectivity index (χ2v) is 4.82. The molecule has 1 aromatic rings. The molecule has 104 valence electrons. The van der Waals surface area contributed by atoms with Gasteiger partial charge < -0.3 is 10.1 Å². The molecule has 5 heteroatoms. The van der Waals surface area contributed by atoms with Gasteiger partial charge in [-0.2, -0.15) is 0 Å². The van der Waals surface area contributed by atoms with E-state index in [1.165, 1.54) is 25.7 Å². The van der Waals surface area contributed by atoms with Crippen molar-refractivity contribution in [1.29, 1.82) is 0 Å². The van der Waals surface area contributed by atoms with E-state index in [1.807, 2.05) is 0 Å². The number of hydrogen-bond donors (Lipinski definition) is 1. The Morgan fingerprint density at radius 1 is 1.37 bits per heavy atom. The van der Waals surface area contributed by atoms with Crippen LogP contribution in [0.3, 0.4) is 0 Å². The van der Waals surface area contributed by atoms with Crippen LogP contribution in [0.5, 0.6) is 0 Å². The molecule has 0 radical (unpaired) electrons. The monoisotopic (exact) mass is 263 g/mol. The minimum atomic E-state index is -0.395. The van der Waals surface area contributed by atoms with Crippen molar-refractivity contribution < 1.29 is 9.53 Å². The van der Waals surface area contributed by atoms with Crippen molar-refractivity contribution in [2.75, 3.05) is 11.9 Å². The number of carbonyl (C=O) groups is 1. The third-order valence-electron chi connectivity index (χ3n) is 3.33. The van der Waals surface area contributed by atoms with E-state index in [-0.39, 0.29) is 0 Å². The zero-order valence-corrected chi connectivity index (χ0v) is 11.4. The summed E-state index contributed by atoms with van der Waals surface area (Å²) in [6.45, 7) is 2.14. The van der Waals surface area contributed by atoms with Crippen LogP contribution in [0, 0.1) is 0 Å². The number of hydrogen-bond acceptors (Lipinski definition) is 5. The highest BCUT2D eigenvalue weighted by Gasteiger charge is 2.14. The number of ether oxygens (including phenoxy) is 1. The van der Waals surface area contributed by atoms with Crippen LogP contribution in [-0.2, 0) is 4.74 Å². The van der Waals surface area contributed by atoms with Crippen LogP contribution in [0.15, 0.2) is 12.3 Å². The van der Waals surface area contributed by atoms with Gasteiger partial charge >= 0.3 is 5.97 Å². The predicted molar refractivity (Wildman–Crippen MR) is 73.1 cm³/mol. The third-order valence-corrected chi connectivity index (χ3v) is 3.33. The zero-order valence-electron chi connectivity index (χ0n) is 11.4. The Morgan fingerprint density at radius 2 is 2.11 bits per heavy atom. The summed E-state index contributed by atoms with van der Waals surface area (Å²) in [5, 5.41) is 3.33. The molecule has 0 aliphatic heterocycles. The molecule has 0 unspecified atom stereocenters. The first-order valence-corrected chi connectivity index (χ1v) is 7.06. The lowest BCUT2D eigenvalue weighted by Crippen LogP contribution is -2.20. The molecule has 1 saturated carbocycles. The number of aromatic nitrogens is 2. The summed E-state index contributed by atoms with van der Waals surface area (Å²) in [5.74, 6) is 0.131. The Hall–Kier alpha value is -1.65.